The van der Waals surface area contributed by atoms with E-state index in [0.717, 1.165) is 30.6 Å². The van der Waals surface area contributed by atoms with Gasteiger partial charge in [-0.15, -0.1) is 0 Å². The summed E-state index contributed by atoms with van der Waals surface area (Å²) < 4.78 is 0. The predicted octanol–water partition coefficient (Wildman–Crippen LogP) is 3.13. The van der Waals surface area contributed by atoms with Crippen LogP contribution in [0.2, 0.25) is 0 Å². The van der Waals surface area contributed by atoms with E-state index in [2.05, 4.69) is 6.92 Å². The van der Waals surface area contributed by atoms with Gasteiger partial charge in [0.25, 0.3) is 0 Å². The fraction of sp³-hybridized carbons (Fsp3) is 0.562. The van der Waals surface area contributed by atoms with Gasteiger partial charge < -0.3 is 10.6 Å². The molecule has 1 unspecified atom stereocenters. The third-order valence-electron chi connectivity index (χ3n) is 4.51. The third kappa shape index (κ3) is 2.22. The van der Waals surface area contributed by atoms with E-state index in [9.17, 15) is 4.79 Å². The summed E-state index contributed by atoms with van der Waals surface area (Å²) in [7, 11) is 0. The van der Waals surface area contributed by atoms with Crippen molar-refractivity contribution >= 4 is 17.3 Å². The quantitative estimate of drug-likeness (QED) is 0.787. The molecule has 0 saturated heterocycles. The number of nitrogen functional groups attached to an aromatic ring is 1. The summed E-state index contributed by atoms with van der Waals surface area (Å²) in [4.78, 5) is 14.8. The van der Waals surface area contributed by atoms with Crippen molar-refractivity contribution in [2.24, 2.45) is 5.92 Å². The normalized spacial score (nSPS) is 23.4. The molecule has 1 atom stereocenters. The lowest BCUT2D eigenvalue weighted by atomic mass is 9.88. The Morgan fingerprint density at radius 3 is 2.74 bits per heavy atom. The van der Waals surface area contributed by atoms with E-state index >= 15 is 0 Å². The lowest BCUT2D eigenvalue weighted by Gasteiger charge is -2.29. The number of amides is 1. The second kappa shape index (κ2) is 4.87. The Bertz CT molecular complexity index is 492. The summed E-state index contributed by atoms with van der Waals surface area (Å²) in [5, 5.41) is 0. The van der Waals surface area contributed by atoms with Gasteiger partial charge in [-0.1, -0.05) is 19.3 Å². The smallest absolute Gasteiger partial charge is 0.230 e. The van der Waals surface area contributed by atoms with E-state index in [4.69, 9.17) is 5.73 Å². The summed E-state index contributed by atoms with van der Waals surface area (Å²) in [5.74, 6) is 0.565. The van der Waals surface area contributed by atoms with Gasteiger partial charge in [-0.3, -0.25) is 4.79 Å². The molecule has 1 aromatic rings. The number of anilines is 2. The maximum atomic E-state index is 12.8. The zero-order valence-corrected chi connectivity index (χ0v) is 11.6. The Labute approximate surface area is 114 Å². The second-order valence-electron chi connectivity index (χ2n) is 5.98. The molecule has 2 N–H and O–H groups in total. The third-order valence-corrected chi connectivity index (χ3v) is 4.51. The van der Waals surface area contributed by atoms with E-state index in [1.807, 2.05) is 23.1 Å². The Balaban J connectivity index is 1.86. The van der Waals surface area contributed by atoms with Crippen molar-refractivity contribution in [1.29, 1.82) is 0 Å². The number of rotatable bonds is 1. The zero-order chi connectivity index (χ0) is 13.4. The van der Waals surface area contributed by atoms with Crippen molar-refractivity contribution in [2.45, 2.75) is 51.5 Å². The largest absolute Gasteiger partial charge is 0.399 e. The molecule has 1 amide bonds. The van der Waals surface area contributed by atoms with Crippen LogP contribution in [0.1, 0.15) is 44.6 Å². The standard InChI is InChI=1S/C16H22N2O/c1-11-9-13-10-14(17)7-8-15(13)18(11)16(19)12-5-3-2-4-6-12/h7-8,10-12H,2-6,9,17H2,1H3. The summed E-state index contributed by atoms with van der Waals surface area (Å²) >= 11 is 0. The highest BCUT2D eigenvalue weighted by Crippen LogP contribution is 2.36. The van der Waals surface area contributed by atoms with Gasteiger partial charge in [0.1, 0.15) is 0 Å². The van der Waals surface area contributed by atoms with Gasteiger partial charge >= 0.3 is 0 Å². The van der Waals surface area contributed by atoms with Crippen molar-refractivity contribution in [3.05, 3.63) is 23.8 Å². The molecule has 3 heteroatoms. The summed E-state index contributed by atoms with van der Waals surface area (Å²) in [5.41, 5.74) is 8.93. The molecule has 0 radical (unpaired) electrons. The molecule has 2 aliphatic rings. The first-order valence-electron chi connectivity index (χ1n) is 7.38. The van der Waals surface area contributed by atoms with Gasteiger partial charge in [-0.05, 0) is 49.9 Å². The number of nitrogens with zero attached hydrogens (tertiary/aromatic N) is 1. The summed E-state index contributed by atoms with van der Waals surface area (Å²) in [6, 6.07) is 6.19. The molecule has 3 rings (SSSR count). The molecule has 0 bridgehead atoms. The van der Waals surface area contributed by atoms with Crippen molar-refractivity contribution in [2.75, 3.05) is 10.6 Å². The van der Waals surface area contributed by atoms with Crippen molar-refractivity contribution in [1.82, 2.24) is 0 Å². The first-order chi connectivity index (χ1) is 9.16. The van der Waals surface area contributed by atoms with Crippen LogP contribution in [0.5, 0.6) is 0 Å². The van der Waals surface area contributed by atoms with Crippen LogP contribution in [0.4, 0.5) is 11.4 Å². The minimum atomic E-state index is 0.236. The molecule has 1 aliphatic heterocycles. The molecule has 1 heterocycles. The van der Waals surface area contributed by atoms with Crippen LogP contribution in [0.15, 0.2) is 18.2 Å². The molecule has 3 nitrogen and oxygen atoms in total. The minimum Gasteiger partial charge on any atom is -0.399 e. The topological polar surface area (TPSA) is 46.3 Å². The minimum absolute atomic E-state index is 0.236. The lowest BCUT2D eigenvalue weighted by Crippen LogP contribution is -2.40. The number of nitrogens with two attached hydrogens (primary N) is 1. The Morgan fingerprint density at radius 1 is 1.26 bits per heavy atom. The average molecular weight is 258 g/mol. The SMILES string of the molecule is CC1Cc2cc(N)ccc2N1C(=O)C1CCCCC1. The highest BCUT2D eigenvalue weighted by atomic mass is 16.2. The van der Waals surface area contributed by atoms with E-state index < -0.39 is 0 Å². The molecule has 1 aliphatic carbocycles. The Hall–Kier alpha value is -1.51. The van der Waals surface area contributed by atoms with Gasteiger partial charge in [0, 0.05) is 23.3 Å². The maximum Gasteiger partial charge on any atom is 0.230 e. The fourth-order valence-corrected chi connectivity index (χ4v) is 3.53. The predicted molar refractivity (Wildman–Crippen MR) is 78.1 cm³/mol. The van der Waals surface area contributed by atoms with Crippen LogP contribution in [-0.2, 0) is 11.2 Å². The van der Waals surface area contributed by atoms with Gasteiger partial charge in [-0.25, -0.2) is 0 Å². The van der Waals surface area contributed by atoms with Gasteiger partial charge in [-0.2, -0.15) is 0 Å². The molecule has 1 aromatic carbocycles. The monoisotopic (exact) mass is 258 g/mol. The summed E-state index contributed by atoms with van der Waals surface area (Å²) in [6.07, 6.45) is 6.74. The van der Waals surface area contributed by atoms with Crippen LogP contribution in [0, 0.1) is 5.92 Å². The molecule has 0 aromatic heterocycles. The Morgan fingerprint density at radius 2 is 2.00 bits per heavy atom. The molecule has 1 fully saturated rings. The van der Waals surface area contributed by atoms with E-state index in [0.29, 0.717) is 5.91 Å². The van der Waals surface area contributed by atoms with Crippen LogP contribution in [0.25, 0.3) is 0 Å². The molecule has 0 spiro atoms. The number of hydrogen-bond acceptors (Lipinski definition) is 2. The van der Waals surface area contributed by atoms with Crippen molar-refractivity contribution < 1.29 is 4.79 Å². The van der Waals surface area contributed by atoms with Gasteiger partial charge in [0.15, 0.2) is 0 Å². The average Bonchev–Trinajstić information content (AvgIpc) is 2.74. The van der Waals surface area contributed by atoms with E-state index in [1.54, 1.807) is 0 Å². The van der Waals surface area contributed by atoms with Crippen LogP contribution >= 0.6 is 0 Å². The first-order valence-corrected chi connectivity index (χ1v) is 7.38. The van der Waals surface area contributed by atoms with Crippen LogP contribution < -0.4 is 10.6 Å². The van der Waals surface area contributed by atoms with E-state index in [-0.39, 0.29) is 12.0 Å². The van der Waals surface area contributed by atoms with Gasteiger partial charge in [0.2, 0.25) is 5.91 Å². The molecule has 1 saturated carbocycles. The number of carbonyl (C=O) groups is 1. The fourth-order valence-electron chi connectivity index (χ4n) is 3.53. The number of hydrogen-bond donors (Lipinski definition) is 1. The molecular formula is C16H22N2O. The number of carbonyl (C=O) groups excluding carboxylic acids is 1. The van der Waals surface area contributed by atoms with Crippen LogP contribution in [-0.4, -0.2) is 11.9 Å². The highest BCUT2D eigenvalue weighted by Gasteiger charge is 2.35. The molecular weight excluding hydrogens is 236 g/mol. The van der Waals surface area contributed by atoms with Gasteiger partial charge in [0.05, 0.1) is 0 Å². The van der Waals surface area contributed by atoms with E-state index in [1.165, 1.54) is 24.8 Å². The molecule has 102 valence electrons. The highest BCUT2D eigenvalue weighted by molar-refractivity contribution is 5.98. The molecule has 19 heavy (non-hydrogen) atoms. The first kappa shape index (κ1) is 12.5. The van der Waals surface area contributed by atoms with Crippen molar-refractivity contribution in [3.8, 4) is 0 Å². The lowest BCUT2D eigenvalue weighted by molar-refractivity contribution is -0.123. The van der Waals surface area contributed by atoms with Crippen molar-refractivity contribution in [3.63, 3.8) is 0 Å². The summed E-state index contributed by atoms with van der Waals surface area (Å²) in [6.45, 7) is 2.14. The maximum absolute atomic E-state index is 12.8. The van der Waals surface area contributed by atoms with Crippen LogP contribution in [0.3, 0.4) is 0 Å². The zero-order valence-electron chi connectivity index (χ0n) is 11.6. The second-order valence-corrected chi connectivity index (χ2v) is 5.98. The Kier molecular flexibility index (Phi) is 3.21. The number of benzene rings is 1. The number of fused-ring (bicyclic) bond motifs is 1.